The molecule has 0 radical (unpaired) electrons. The molecule has 1 heterocycles. The predicted octanol–water partition coefficient (Wildman–Crippen LogP) is 5.19. The van der Waals surface area contributed by atoms with Crippen LogP contribution in [0, 0.1) is 11.8 Å². The summed E-state index contributed by atoms with van der Waals surface area (Å²) >= 11 is 0. The van der Waals surface area contributed by atoms with E-state index in [4.69, 9.17) is 0 Å². The minimum Gasteiger partial charge on any atom is -0.256 e. The second-order valence-corrected chi connectivity index (χ2v) is 10.5. The molecule has 1 saturated carbocycles. The minimum absolute atomic E-state index is 0.194. The molecule has 0 saturated heterocycles. The summed E-state index contributed by atoms with van der Waals surface area (Å²) in [5, 5.41) is 1.02. The van der Waals surface area contributed by atoms with Gasteiger partial charge in [-0.05, 0) is 68.6 Å². The smallest absolute Gasteiger partial charge is 0.153 e. The number of para-hydroxylation sites is 1. The number of hydrogen-bond donors (Lipinski definition) is 0. The van der Waals surface area contributed by atoms with Crippen LogP contribution in [-0.4, -0.2) is 24.4 Å². The quantitative estimate of drug-likeness (QED) is 0.671. The van der Waals surface area contributed by atoms with Gasteiger partial charge < -0.3 is 0 Å². The largest absolute Gasteiger partial charge is 0.256 e. The third kappa shape index (κ3) is 4.85. The second-order valence-electron chi connectivity index (χ2n) is 8.01. The van der Waals surface area contributed by atoms with E-state index in [1.165, 1.54) is 30.2 Å². The molecule has 1 aromatic heterocycles. The maximum Gasteiger partial charge on any atom is 0.153 e. The lowest BCUT2D eigenvalue weighted by Crippen LogP contribution is -2.27. The van der Waals surface area contributed by atoms with Crippen molar-refractivity contribution in [3.8, 4) is 0 Å². The lowest BCUT2D eigenvalue weighted by Gasteiger charge is -2.29. The summed E-state index contributed by atoms with van der Waals surface area (Å²) in [5.74, 6) is 1.49. The van der Waals surface area contributed by atoms with Crippen molar-refractivity contribution in [1.29, 1.82) is 0 Å². The molecule has 26 heavy (non-hydrogen) atoms. The van der Waals surface area contributed by atoms with Crippen LogP contribution in [0.5, 0.6) is 0 Å². The zero-order valence-electron chi connectivity index (χ0n) is 16.0. The number of rotatable bonds is 7. The van der Waals surface area contributed by atoms with Gasteiger partial charge in [0.05, 0.1) is 16.5 Å². The minimum atomic E-state index is -2.91. The molecule has 1 unspecified atom stereocenters. The molecule has 4 heteroatoms. The van der Waals surface area contributed by atoms with Gasteiger partial charge in [0.15, 0.2) is 9.84 Å². The Hall–Kier alpha value is -1.42. The molecule has 2 aromatic rings. The molecular formula is C22H31NO2S. The fourth-order valence-corrected chi connectivity index (χ4v) is 5.88. The number of benzene rings is 1. The van der Waals surface area contributed by atoms with Crippen molar-refractivity contribution in [2.75, 3.05) is 5.75 Å². The van der Waals surface area contributed by atoms with E-state index in [0.29, 0.717) is 11.7 Å². The van der Waals surface area contributed by atoms with Gasteiger partial charge in [-0.15, -0.1) is 0 Å². The third-order valence-electron chi connectivity index (χ3n) is 6.11. The van der Waals surface area contributed by atoms with E-state index < -0.39 is 9.84 Å². The van der Waals surface area contributed by atoms with Crippen molar-refractivity contribution >= 4 is 20.7 Å². The predicted molar refractivity (Wildman–Crippen MR) is 109 cm³/mol. The normalized spacial score (nSPS) is 22.4. The van der Waals surface area contributed by atoms with Gasteiger partial charge in [0, 0.05) is 11.6 Å². The van der Waals surface area contributed by atoms with Gasteiger partial charge in [-0.1, -0.05) is 38.0 Å². The van der Waals surface area contributed by atoms with Gasteiger partial charge >= 0.3 is 0 Å². The van der Waals surface area contributed by atoms with Crippen LogP contribution >= 0.6 is 0 Å². The van der Waals surface area contributed by atoms with Crippen molar-refractivity contribution in [2.45, 2.75) is 64.0 Å². The summed E-state index contributed by atoms with van der Waals surface area (Å²) in [6.07, 6.45) is 9.45. The molecule has 1 aliphatic rings. The monoisotopic (exact) mass is 373 g/mol. The topological polar surface area (TPSA) is 47.0 Å². The van der Waals surface area contributed by atoms with Crippen LogP contribution in [0.3, 0.4) is 0 Å². The van der Waals surface area contributed by atoms with Crippen LogP contribution in [-0.2, 0) is 16.3 Å². The molecule has 1 atom stereocenters. The van der Waals surface area contributed by atoms with E-state index in [2.05, 4.69) is 23.2 Å². The molecule has 142 valence electrons. The summed E-state index contributed by atoms with van der Waals surface area (Å²) in [4.78, 5) is 4.56. The average molecular weight is 374 g/mol. The molecule has 0 spiro atoms. The number of hydrogen-bond acceptors (Lipinski definition) is 3. The second kappa shape index (κ2) is 8.51. The average Bonchev–Trinajstić information content (AvgIpc) is 2.66. The van der Waals surface area contributed by atoms with E-state index >= 15 is 0 Å². The van der Waals surface area contributed by atoms with Crippen LogP contribution < -0.4 is 0 Å². The molecule has 3 nitrogen and oxygen atoms in total. The first kappa shape index (κ1) is 19.3. The first-order valence-corrected chi connectivity index (χ1v) is 11.7. The number of aryl methyl sites for hydroxylation is 1. The Kier molecular flexibility index (Phi) is 6.33. The van der Waals surface area contributed by atoms with Crippen molar-refractivity contribution in [3.05, 3.63) is 42.1 Å². The summed E-state index contributed by atoms with van der Waals surface area (Å²) in [6.45, 7) is 3.80. The molecule has 0 N–H and O–H groups in total. The SMILES string of the molecule is CCC(C)S(=O)(=O)CC1CCC(CCc2cnc3ccccc3c2)CC1. The van der Waals surface area contributed by atoms with Gasteiger partial charge in [0.2, 0.25) is 0 Å². The molecule has 0 bridgehead atoms. The van der Waals surface area contributed by atoms with Gasteiger partial charge in [0.1, 0.15) is 0 Å². The van der Waals surface area contributed by atoms with Crippen LogP contribution in [0.15, 0.2) is 36.5 Å². The number of sulfone groups is 1. The summed E-state index contributed by atoms with van der Waals surface area (Å²) in [6, 6.07) is 10.5. The van der Waals surface area contributed by atoms with Crippen LogP contribution in [0.2, 0.25) is 0 Å². The molecule has 1 fully saturated rings. The lowest BCUT2D eigenvalue weighted by molar-refractivity contribution is 0.278. The Morgan fingerprint density at radius 1 is 1.12 bits per heavy atom. The Morgan fingerprint density at radius 2 is 1.81 bits per heavy atom. The fraction of sp³-hybridized carbons (Fsp3) is 0.591. The number of fused-ring (bicyclic) bond motifs is 1. The first-order valence-electron chi connectivity index (χ1n) is 10.0. The molecule has 1 aliphatic carbocycles. The van der Waals surface area contributed by atoms with Crippen molar-refractivity contribution in [2.24, 2.45) is 11.8 Å². The Labute approximate surface area is 158 Å². The zero-order chi connectivity index (χ0) is 18.6. The highest BCUT2D eigenvalue weighted by atomic mass is 32.2. The molecular weight excluding hydrogens is 342 g/mol. The highest BCUT2D eigenvalue weighted by molar-refractivity contribution is 7.92. The summed E-state index contributed by atoms with van der Waals surface area (Å²) < 4.78 is 24.6. The van der Waals surface area contributed by atoms with Crippen LogP contribution in [0.1, 0.15) is 57.9 Å². The summed E-state index contributed by atoms with van der Waals surface area (Å²) in [7, 11) is -2.91. The van der Waals surface area contributed by atoms with E-state index in [1.54, 1.807) is 0 Å². The standard InChI is InChI=1S/C22H31NO2S/c1-3-17(2)26(24,25)16-19-11-8-18(9-12-19)10-13-20-14-21-6-4-5-7-22(21)23-15-20/h4-7,14-15,17-19H,3,8-13,16H2,1-2H3. The Bertz CT molecular complexity index is 823. The third-order valence-corrected chi connectivity index (χ3v) is 8.61. The first-order chi connectivity index (χ1) is 12.5. The van der Waals surface area contributed by atoms with Gasteiger partial charge in [-0.3, -0.25) is 4.98 Å². The fourth-order valence-electron chi connectivity index (χ4n) is 4.06. The molecule has 1 aromatic carbocycles. The number of aromatic nitrogens is 1. The molecule has 3 rings (SSSR count). The molecule has 0 aliphatic heterocycles. The van der Waals surface area contributed by atoms with Gasteiger partial charge in [-0.2, -0.15) is 0 Å². The van der Waals surface area contributed by atoms with Crippen molar-refractivity contribution < 1.29 is 8.42 Å². The number of nitrogens with zero attached hydrogens (tertiary/aromatic N) is 1. The maximum absolute atomic E-state index is 12.3. The van der Waals surface area contributed by atoms with Crippen molar-refractivity contribution in [3.63, 3.8) is 0 Å². The van der Waals surface area contributed by atoms with Gasteiger partial charge in [0.25, 0.3) is 0 Å². The van der Waals surface area contributed by atoms with Crippen LogP contribution in [0.4, 0.5) is 0 Å². The van der Waals surface area contributed by atoms with E-state index in [0.717, 1.165) is 37.1 Å². The zero-order valence-corrected chi connectivity index (χ0v) is 16.8. The molecule has 0 amide bonds. The highest BCUT2D eigenvalue weighted by Gasteiger charge is 2.28. The van der Waals surface area contributed by atoms with Crippen LogP contribution in [0.25, 0.3) is 10.9 Å². The summed E-state index contributed by atoms with van der Waals surface area (Å²) in [5.41, 5.74) is 2.37. The van der Waals surface area contributed by atoms with Gasteiger partial charge in [-0.25, -0.2) is 8.42 Å². The van der Waals surface area contributed by atoms with E-state index in [1.807, 2.05) is 32.2 Å². The Morgan fingerprint density at radius 3 is 2.54 bits per heavy atom. The Balaban J connectivity index is 1.48. The lowest BCUT2D eigenvalue weighted by atomic mass is 9.80. The highest BCUT2D eigenvalue weighted by Crippen LogP contribution is 2.33. The van der Waals surface area contributed by atoms with Crippen molar-refractivity contribution in [1.82, 2.24) is 4.98 Å². The number of pyridine rings is 1. The van der Waals surface area contributed by atoms with E-state index in [9.17, 15) is 8.42 Å². The maximum atomic E-state index is 12.3. The van der Waals surface area contributed by atoms with E-state index in [-0.39, 0.29) is 5.25 Å².